The number of aromatic hydroxyl groups is 1. The van der Waals surface area contributed by atoms with Gasteiger partial charge < -0.3 is 39.1 Å². The van der Waals surface area contributed by atoms with E-state index in [1.165, 1.54) is 33.3 Å². The van der Waals surface area contributed by atoms with Gasteiger partial charge in [0.2, 0.25) is 0 Å². The van der Waals surface area contributed by atoms with Gasteiger partial charge in [-0.1, -0.05) is 13.0 Å². The average molecular weight is 497 g/mol. The molecule has 1 aliphatic rings. The first-order valence-electron chi connectivity index (χ1n) is 11.7. The maximum Gasteiger partial charge on any atom is 0.344 e. The number of benzene rings is 3. The van der Waals surface area contributed by atoms with Gasteiger partial charge in [0.1, 0.15) is 47.2 Å². The fourth-order valence-electron chi connectivity index (χ4n) is 5.18. The van der Waals surface area contributed by atoms with E-state index in [4.69, 9.17) is 18.6 Å². The molecule has 0 saturated carbocycles. The molecule has 5 rings (SSSR count). The average Bonchev–Trinajstić information content (AvgIpc) is 3.17. The summed E-state index contributed by atoms with van der Waals surface area (Å²) in [6.45, 7) is 3.43. The van der Waals surface area contributed by atoms with E-state index >= 15 is 0 Å². The molecule has 4 N–H and O–H groups in total. The van der Waals surface area contributed by atoms with Crippen LogP contribution in [0.4, 0.5) is 0 Å². The molecule has 1 aromatic heterocycles. The lowest BCUT2D eigenvalue weighted by Gasteiger charge is -2.20. The van der Waals surface area contributed by atoms with Gasteiger partial charge in [0, 0.05) is 16.2 Å². The van der Waals surface area contributed by atoms with Crippen molar-refractivity contribution in [2.24, 2.45) is 0 Å². The molecule has 2 unspecified atom stereocenters. The van der Waals surface area contributed by atoms with Crippen LogP contribution in [0.15, 0.2) is 39.5 Å². The molecule has 5 atom stereocenters. The van der Waals surface area contributed by atoms with Gasteiger partial charge in [-0.2, -0.15) is 0 Å². The second-order valence-corrected chi connectivity index (χ2v) is 9.09. The number of phenolic OH excluding ortho intramolecular Hbond substituents is 1. The molecule has 0 aliphatic carbocycles. The van der Waals surface area contributed by atoms with Gasteiger partial charge in [0.25, 0.3) is 0 Å². The van der Waals surface area contributed by atoms with E-state index in [9.17, 15) is 25.2 Å². The van der Waals surface area contributed by atoms with Crippen LogP contribution in [0.5, 0.6) is 17.2 Å². The van der Waals surface area contributed by atoms with Crippen LogP contribution in [0.25, 0.3) is 32.5 Å². The predicted molar refractivity (Wildman–Crippen MR) is 133 cm³/mol. The number of methoxy groups -OCH3 is 2. The third-order valence-electron chi connectivity index (χ3n) is 6.99. The van der Waals surface area contributed by atoms with E-state index in [2.05, 4.69) is 0 Å². The molecule has 1 fully saturated rings. The Morgan fingerprint density at radius 3 is 2.28 bits per heavy atom. The summed E-state index contributed by atoms with van der Waals surface area (Å²) in [5, 5.41) is 44.1. The molecular weight excluding hydrogens is 468 g/mol. The molecule has 4 aromatic rings. The molecule has 9 nitrogen and oxygen atoms in total. The third kappa shape index (κ3) is 3.50. The number of fused-ring (bicyclic) bond motifs is 5. The first-order valence-corrected chi connectivity index (χ1v) is 11.7. The first kappa shape index (κ1) is 24.3. The van der Waals surface area contributed by atoms with Crippen LogP contribution in [-0.2, 0) is 11.2 Å². The minimum Gasteiger partial charge on any atom is -0.507 e. The van der Waals surface area contributed by atoms with Gasteiger partial charge in [-0.3, -0.25) is 0 Å². The molecule has 9 heteroatoms. The van der Waals surface area contributed by atoms with Crippen LogP contribution in [0, 0.1) is 0 Å². The van der Waals surface area contributed by atoms with Crippen molar-refractivity contribution in [1.29, 1.82) is 0 Å². The Morgan fingerprint density at radius 1 is 0.972 bits per heavy atom. The topological polar surface area (TPSA) is 139 Å². The lowest BCUT2D eigenvalue weighted by molar-refractivity contribution is -0.0586. The Hall–Kier alpha value is -3.37. The molecule has 0 bridgehead atoms. The summed E-state index contributed by atoms with van der Waals surface area (Å²) >= 11 is 0. The molecule has 1 aliphatic heterocycles. The van der Waals surface area contributed by atoms with Crippen LogP contribution in [0.3, 0.4) is 0 Å². The lowest BCUT2D eigenvalue weighted by atomic mass is 9.92. The fraction of sp³-hybridized carbons (Fsp3) is 0.370. The van der Waals surface area contributed by atoms with Gasteiger partial charge in [0.05, 0.1) is 31.1 Å². The highest BCUT2D eigenvalue weighted by atomic mass is 16.6. The summed E-state index contributed by atoms with van der Waals surface area (Å²) in [6.07, 6.45) is -5.21. The second kappa shape index (κ2) is 8.94. The zero-order valence-electron chi connectivity index (χ0n) is 20.3. The standard InChI is InChI=1S/C27H28O9/c1-5-12-8-15-19(17(9-12)33-3)14-10-18(34-4)21-16(29)7-6-13(20(21)25(14)36-27(15)32)26-23(31)22(30)24(35-26)11(2)28/h6-11,22-24,26,28-31H,5H2,1-4H3/t11-,22-,23-,24?,26?/m1/s1. The summed E-state index contributed by atoms with van der Waals surface area (Å²) in [5.41, 5.74) is 0.801. The SMILES string of the molecule is CCc1cc(OC)c2c(c1)c(=O)oc1c2cc(OC)c2c(O)ccc(C3OC([C@@H](C)O)[C@H](O)[C@H]3O)c21. The minimum atomic E-state index is -1.38. The van der Waals surface area contributed by atoms with Gasteiger partial charge in [-0.05, 0) is 48.7 Å². The van der Waals surface area contributed by atoms with E-state index in [-0.39, 0.29) is 22.1 Å². The van der Waals surface area contributed by atoms with Crippen LogP contribution < -0.4 is 15.1 Å². The number of aliphatic hydroxyl groups excluding tert-OH is 3. The van der Waals surface area contributed by atoms with E-state index < -0.39 is 36.1 Å². The summed E-state index contributed by atoms with van der Waals surface area (Å²) in [6, 6.07) is 8.23. The number of hydrogen-bond donors (Lipinski definition) is 4. The fourth-order valence-corrected chi connectivity index (χ4v) is 5.18. The zero-order valence-corrected chi connectivity index (χ0v) is 20.3. The number of ether oxygens (including phenoxy) is 3. The van der Waals surface area contributed by atoms with Crippen molar-refractivity contribution in [3.05, 3.63) is 51.9 Å². The Balaban J connectivity index is 1.95. The Morgan fingerprint density at radius 2 is 1.67 bits per heavy atom. The Kier molecular flexibility index (Phi) is 6.04. The minimum absolute atomic E-state index is 0.136. The summed E-state index contributed by atoms with van der Waals surface area (Å²) in [5.74, 6) is 0.643. The number of aryl methyl sites for hydroxylation is 1. The van der Waals surface area contributed by atoms with E-state index in [1.807, 2.05) is 13.0 Å². The van der Waals surface area contributed by atoms with Crippen molar-refractivity contribution in [3.8, 4) is 17.2 Å². The number of hydrogen-bond acceptors (Lipinski definition) is 9. The van der Waals surface area contributed by atoms with Crippen LogP contribution in [0.1, 0.15) is 31.1 Å². The molecule has 1 saturated heterocycles. The molecule has 36 heavy (non-hydrogen) atoms. The number of aliphatic hydroxyl groups is 3. The van der Waals surface area contributed by atoms with Gasteiger partial charge in [-0.15, -0.1) is 0 Å². The highest BCUT2D eigenvalue weighted by Crippen LogP contribution is 2.47. The van der Waals surface area contributed by atoms with Crippen LogP contribution in [0.2, 0.25) is 0 Å². The normalized spacial score (nSPS) is 23.0. The van der Waals surface area contributed by atoms with Crippen LogP contribution in [-0.4, -0.2) is 59.1 Å². The maximum absolute atomic E-state index is 13.2. The van der Waals surface area contributed by atoms with Crippen molar-refractivity contribution in [2.75, 3.05) is 14.2 Å². The molecule has 0 spiro atoms. The first-order chi connectivity index (χ1) is 17.2. The third-order valence-corrected chi connectivity index (χ3v) is 6.99. The maximum atomic E-state index is 13.2. The number of phenols is 1. The van der Waals surface area contributed by atoms with E-state index in [1.54, 1.807) is 12.1 Å². The Bertz CT molecular complexity index is 1540. The second-order valence-electron chi connectivity index (χ2n) is 9.09. The quantitative estimate of drug-likeness (QED) is 0.243. The number of rotatable bonds is 5. The van der Waals surface area contributed by atoms with Crippen molar-refractivity contribution in [1.82, 2.24) is 0 Å². The smallest absolute Gasteiger partial charge is 0.344 e. The van der Waals surface area contributed by atoms with E-state index in [0.717, 1.165) is 5.56 Å². The summed E-state index contributed by atoms with van der Waals surface area (Å²) < 4.78 is 23.0. The lowest BCUT2D eigenvalue weighted by Crippen LogP contribution is -2.36. The van der Waals surface area contributed by atoms with Gasteiger partial charge in [0.15, 0.2) is 0 Å². The van der Waals surface area contributed by atoms with Crippen molar-refractivity contribution in [2.45, 2.75) is 50.8 Å². The van der Waals surface area contributed by atoms with Crippen LogP contribution >= 0.6 is 0 Å². The van der Waals surface area contributed by atoms with Crippen molar-refractivity contribution in [3.63, 3.8) is 0 Å². The summed E-state index contributed by atoms with van der Waals surface area (Å²) in [7, 11) is 2.97. The molecular formula is C27H28O9. The Labute approximate surface area is 206 Å². The largest absolute Gasteiger partial charge is 0.507 e. The van der Waals surface area contributed by atoms with Gasteiger partial charge in [-0.25, -0.2) is 4.79 Å². The highest BCUT2D eigenvalue weighted by molar-refractivity contribution is 6.19. The van der Waals surface area contributed by atoms with Crippen molar-refractivity contribution >= 4 is 32.5 Å². The van der Waals surface area contributed by atoms with Crippen molar-refractivity contribution < 1.29 is 39.1 Å². The molecule has 2 heterocycles. The monoisotopic (exact) mass is 496 g/mol. The molecule has 3 aromatic carbocycles. The van der Waals surface area contributed by atoms with Gasteiger partial charge >= 0.3 is 5.63 Å². The molecule has 0 radical (unpaired) electrons. The highest BCUT2D eigenvalue weighted by Gasteiger charge is 2.46. The summed E-state index contributed by atoms with van der Waals surface area (Å²) in [4.78, 5) is 13.2. The predicted octanol–water partition coefficient (Wildman–Crippen LogP) is 2.93. The molecule has 0 amide bonds. The van der Waals surface area contributed by atoms with E-state index in [0.29, 0.717) is 39.6 Å². The zero-order chi connectivity index (χ0) is 25.9. The molecule has 190 valence electrons.